The van der Waals surface area contributed by atoms with Crippen molar-refractivity contribution in [2.24, 2.45) is 0 Å². The molecule has 2 amide bonds. The lowest BCUT2D eigenvalue weighted by Gasteiger charge is -2.32. The highest BCUT2D eigenvalue weighted by Crippen LogP contribution is 2.26. The van der Waals surface area contributed by atoms with Gasteiger partial charge in [0.15, 0.2) is 0 Å². The second-order valence-corrected chi connectivity index (χ2v) is 11.7. The van der Waals surface area contributed by atoms with Gasteiger partial charge in [0.05, 0.1) is 10.6 Å². The van der Waals surface area contributed by atoms with E-state index < -0.39 is 28.5 Å². The van der Waals surface area contributed by atoms with Crippen molar-refractivity contribution in [1.29, 1.82) is 0 Å². The Hall–Kier alpha value is -3.65. The van der Waals surface area contributed by atoms with Crippen LogP contribution in [0.15, 0.2) is 83.8 Å². The maximum Gasteiger partial charge on any atom is 0.264 e. The topological polar surface area (TPSA) is 86.8 Å². The van der Waals surface area contributed by atoms with E-state index in [2.05, 4.69) is 5.32 Å². The fourth-order valence-electron chi connectivity index (χ4n) is 4.32. The molecule has 3 aromatic rings. The quantitative estimate of drug-likeness (QED) is 0.392. The molecule has 0 aliphatic carbocycles. The second kappa shape index (κ2) is 12.7. The zero-order valence-electron chi connectivity index (χ0n) is 22.7. The number of anilines is 1. The first-order valence-electron chi connectivity index (χ1n) is 12.8. The van der Waals surface area contributed by atoms with Crippen LogP contribution in [0.1, 0.15) is 37.5 Å². The van der Waals surface area contributed by atoms with Crippen molar-refractivity contribution in [3.63, 3.8) is 0 Å². The van der Waals surface area contributed by atoms with Crippen LogP contribution >= 0.6 is 0 Å². The Morgan fingerprint density at radius 2 is 1.39 bits per heavy atom. The van der Waals surface area contributed by atoms with E-state index in [0.29, 0.717) is 12.1 Å². The van der Waals surface area contributed by atoms with E-state index in [1.165, 1.54) is 17.0 Å². The van der Waals surface area contributed by atoms with Gasteiger partial charge in [0, 0.05) is 12.6 Å². The Balaban J connectivity index is 2.00. The molecule has 38 heavy (non-hydrogen) atoms. The molecule has 3 rings (SSSR count). The summed E-state index contributed by atoms with van der Waals surface area (Å²) in [6, 6.07) is 22.3. The molecule has 0 aromatic heterocycles. The van der Waals surface area contributed by atoms with Gasteiger partial charge >= 0.3 is 0 Å². The largest absolute Gasteiger partial charge is 0.352 e. The monoisotopic (exact) mass is 535 g/mol. The van der Waals surface area contributed by atoms with Gasteiger partial charge in [0.1, 0.15) is 12.6 Å². The number of nitrogens with zero attached hydrogens (tertiary/aromatic N) is 2. The van der Waals surface area contributed by atoms with E-state index in [1.807, 2.05) is 64.1 Å². The Morgan fingerprint density at radius 1 is 0.842 bits per heavy atom. The van der Waals surface area contributed by atoms with Crippen LogP contribution in [0.3, 0.4) is 0 Å². The number of hydrogen-bond acceptors (Lipinski definition) is 4. The number of amides is 2. The average Bonchev–Trinajstić information content (AvgIpc) is 2.87. The number of rotatable bonds is 11. The molecule has 0 heterocycles. The van der Waals surface area contributed by atoms with Crippen molar-refractivity contribution in [2.45, 2.75) is 58.0 Å². The van der Waals surface area contributed by atoms with Crippen molar-refractivity contribution in [1.82, 2.24) is 10.2 Å². The Bertz CT molecular complexity index is 1320. The first-order chi connectivity index (χ1) is 18.0. The van der Waals surface area contributed by atoms with Gasteiger partial charge in [-0.25, -0.2) is 8.42 Å². The summed E-state index contributed by atoms with van der Waals surface area (Å²) in [6.07, 6.45) is 0.529. The summed E-state index contributed by atoms with van der Waals surface area (Å²) in [4.78, 5) is 28.4. The highest BCUT2D eigenvalue weighted by atomic mass is 32.2. The molecule has 0 aliphatic heterocycles. The van der Waals surface area contributed by atoms with Crippen molar-refractivity contribution >= 4 is 27.5 Å². The molecule has 7 nitrogen and oxygen atoms in total. The third-order valence-electron chi connectivity index (χ3n) is 6.19. The van der Waals surface area contributed by atoms with E-state index >= 15 is 0 Å². The summed E-state index contributed by atoms with van der Waals surface area (Å²) >= 11 is 0. The first-order valence-corrected chi connectivity index (χ1v) is 14.2. The van der Waals surface area contributed by atoms with Crippen molar-refractivity contribution in [2.75, 3.05) is 17.4 Å². The summed E-state index contributed by atoms with van der Waals surface area (Å²) in [5, 5.41) is 2.87. The molecule has 1 atom stereocenters. The number of nitrogens with one attached hydrogen (secondary N) is 1. The van der Waals surface area contributed by atoms with Crippen molar-refractivity contribution in [3.8, 4) is 0 Å². The molecule has 8 heteroatoms. The van der Waals surface area contributed by atoms with Gasteiger partial charge in [0.25, 0.3) is 10.0 Å². The van der Waals surface area contributed by atoms with Crippen molar-refractivity contribution in [3.05, 3.63) is 95.6 Å². The number of carbonyl (C=O) groups excluding carboxylic acids is 2. The molecular weight excluding hydrogens is 498 g/mol. The van der Waals surface area contributed by atoms with Crippen LogP contribution in [0.25, 0.3) is 0 Å². The molecule has 3 aromatic carbocycles. The Kier molecular flexibility index (Phi) is 9.69. The van der Waals surface area contributed by atoms with Crippen molar-refractivity contribution < 1.29 is 18.0 Å². The zero-order valence-corrected chi connectivity index (χ0v) is 23.5. The van der Waals surface area contributed by atoms with E-state index in [0.717, 1.165) is 21.0 Å². The van der Waals surface area contributed by atoms with Crippen LogP contribution in [0.4, 0.5) is 5.69 Å². The van der Waals surface area contributed by atoms with E-state index in [9.17, 15) is 18.0 Å². The van der Waals surface area contributed by atoms with Gasteiger partial charge in [-0.15, -0.1) is 0 Å². The molecule has 0 saturated heterocycles. The standard InChI is InChI=1S/C30H37N3O4S/c1-22(2)31-30(35)25(5)32(17-16-26-12-8-6-9-13-26)29(34)21-33(27-19-23(3)18-24(4)20-27)38(36,37)28-14-10-7-11-15-28/h6-15,18-20,22,25H,16-17,21H2,1-5H3,(H,31,35). The molecule has 0 aliphatic rings. The molecule has 0 radical (unpaired) electrons. The summed E-state index contributed by atoms with van der Waals surface area (Å²) in [7, 11) is -4.06. The minimum atomic E-state index is -4.06. The zero-order chi connectivity index (χ0) is 27.9. The normalized spacial score (nSPS) is 12.2. The molecule has 1 N–H and O–H groups in total. The predicted octanol–water partition coefficient (Wildman–Crippen LogP) is 4.48. The molecule has 1 unspecified atom stereocenters. The van der Waals surface area contributed by atoms with E-state index in [-0.39, 0.29) is 23.4 Å². The maximum absolute atomic E-state index is 13.9. The van der Waals surface area contributed by atoms with Crippen LogP contribution in [-0.2, 0) is 26.0 Å². The van der Waals surface area contributed by atoms with Gasteiger partial charge in [-0.1, -0.05) is 54.6 Å². The highest BCUT2D eigenvalue weighted by molar-refractivity contribution is 7.92. The van der Waals surface area contributed by atoms with Gasteiger partial charge in [-0.3, -0.25) is 13.9 Å². The number of hydrogen-bond donors (Lipinski definition) is 1. The third kappa shape index (κ3) is 7.44. The fraction of sp³-hybridized carbons (Fsp3) is 0.333. The highest BCUT2D eigenvalue weighted by Gasteiger charge is 2.32. The van der Waals surface area contributed by atoms with Crippen LogP contribution in [-0.4, -0.2) is 50.3 Å². The number of aryl methyl sites for hydroxylation is 2. The van der Waals surface area contributed by atoms with Gasteiger partial charge in [-0.2, -0.15) is 0 Å². The molecule has 0 bridgehead atoms. The minimum Gasteiger partial charge on any atom is -0.352 e. The Morgan fingerprint density at radius 3 is 1.95 bits per heavy atom. The van der Waals surface area contributed by atoms with Crippen LogP contribution < -0.4 is 9.62 Å². The fourth-order valence-corrected chi connectivity index (χ4v) is 5.74. The van der Waals surface area contributed by atoms with Gasteiger partial charge in [-0.05, 0) is 82.0 Å². The molecule has 0 saturated carbocycles. The summed E-state index contributed by atoms with van der Waals surface area (Å²) in [6.45, 7) is 8.99. The summed E-state index contributed by atoms with van der Waals surface area (Å²) in [5.41, 5.74) is 3.18. The molecule has 202 valence electrons. The maximum atomic E-state index is 13.9. The number of benzene rings is 3. The molecular formula is C30H37N3O4S. The first kappa shape index (κ1) is 28.9. The lowest BCUT2D eigenvalue weighted by atomic mass is 10.1. The van der Waals surface area contributed by atoms with E-state index in [4.69, 9.17) is 0 Å². The lowest BCUT2D eigenvalue weighted by molar-refractivity contribution is -0.139. The Labute approximate surface area is 226 Å². The average molecular weight is 536 g/mol. The number of carbonyl (C=O) groups is 2. The second-order valence-electron chi connectivity index (χ2n) is 9.83. The lowest BCUT2D eigenvalue weighted by Crippen LogP contribution is -2.53. The van der Waals surface area contributed by atoms with Gasteiger partial charge < -0.3 is 10.2 Å². The van der Waals surface area contributed by atoms with Gasteiger partial charge in [0.2, 0.25) is 11.8 Å². The number of sulfonamides is 1. The van der Waals surface area contributed by atoms with Crippen LogP contribution in [0, 0.1) is 13.8 Å². The van der Waals surface area contributed by atoms with Crippen LogP contribution in [0.5, 0.6) is 0 Å². The molecule has 0 spiro atoms. The minimum absolute atomic E-state index is 0.0911. The van der Waals surface area contributed by atoms with Crippen LogP contribution in [0.2, 0.25) is 0 Å². The summed E-state index contributed by atoms with van der Waals surface area (Å²) in [5.74, 6) is -0.740. The third-order valence-corrected chi connectivity index (χ3v) is 7.98. The SMILES string of the molecule is Cc1cc(C)cc(N(CC(=O)N(CCc2ccccc2)C(C)C(=O)NC(C)C)S(=O)(=O)c2ccccc2)c1. The van der Waals surface area contributed by atoms with E-state index in [1.54, 1.807) is 37.3 Å². The predicted molar refractivity (Wildman–Crippen MR) is 151 cm³/mol. The smallest absolute Gasteiger partial charge is 0.264 e. The molecule has 0 fully saturated rings. The summed E-state index contributed by atoms with van der Waals surface area (Å²) < 4.78 is 28.8.